The highest BCUT2D eigenvalue weighted by Gasteiger charge is 2.21. The fourth-order valence-electron chi connectivity index (χ4n) is 3.71. The molecule has 0 spiro atoms. The Morgan fingerprint density at radius 2 is 1.26 bits per heavy atom. The number of ether oxygens (including phenoxy) is 3. The van der Waals surface area contributed by atoms with E-state index in [1.54, 1.807) is 24.3 Å². The zero-order valence-corrected chi connectivity index (χ0v) is 20.3. The van der Waals surface area contributed by atoms with Crippen LogP contribution in [0.4, 0.5) is 17.6 Å². The van der Waals surface area contributed by atoms with Gasteiger partial charge in [-0.25, -0.2) is 18.0 Å². The van der Waals surface area contributed by atoms with Crippen LogP contribution in [0.1, 0.15) is 17.3 Å². The van der Waals surface area contributed by atoms with Crippen LogP contribution in [0, 0.1) is 23.3 Å². The summed E-state index contributed by atoms with van der Waals surface area (Å²) in [5, 5.41) is 0. The van der Waals surface area contributed by atoms with Gasteiger partial charge >= 0.3 is 5.97 Å². The fraction of sp³-hybridized carbons (Fsp3) is 0.100. The number of carbonyl (C=O) groups is 1. The van der Waals surface area contributed by atoms with E-state index in [9.17, 15) is 22.4 Å². The minimum absolute atomic E-state index is 0.000893. The highest BCUT2D eigenvalue weighted by atomic mass is 19.2. The number of hydrogen-bond donors (Lipinski definition) is 0. The SMILES string of the molecule is C=CCOc1ccc(-c2ccc(OC(=O)c3ccc(-c4ccc(OCC)cc4)c(F)c3F)cc2)c(F)c1F. The molecule has 194 valence electrons. The van der Waals surface area contributed by atoms with Crippen LogP contribution >= 0.6 is 0 Å². The molecule has 0 unspecified atom stereocenters. The maximum atomic E-state index is 14.8. The third-order valence-corrected chi connectivity index (χ3v) is 5.56. The van der Waals surface area contributed by atoms with Gasteiger partial charge in [0.05, 0.1) is 12.2 Å². The lowest BCUT2D eigenvalue weighted by atomic mass is 10.0. The average molecular weight is 522 g/mol. The van der Waals surface area contributed by atoms with E-state index in [-0.39, 0.29) is 29.2 Å². The first-order valence-electron chi connectivity index (χ1n) is 11.6. The van der Waals surface area contributed by atoms with Crippen LogP contribution in [0.25, 0.3) is 22.3 Å². The normalized spacial score (nSPS) is 10.7. The van der Waals surface area contributed by atoms with Gasteiger partial charge in [0.25, 0.3) is 0 Å². The number of benzene rings is 4. The highest BCUT2D eigenvalue weighted by Crippen LogP contribution is 2.32. The van der Waals surface area contributed by atoms with Gasteiger partial charge < -0.3 is 14.2 Å². The van der Waals surface area contributed by atoms with Crippen molar-refractivity contribution in [2.45, 2.75) is 6.92 Å². The molecule has 0 aromatic heterocycles. The third-order valence-electron chi connectivity index (χ3n) is 5.56. The van der Waals surface area contributed by atoms with Crippen molar-refractivity contribution in [1.29, 1.82) is 0 Å². The van der Waals surface area contributed by atoms with Gasteiger partial charge in [0.1, 0.15) is 18.1 Å². The van der Waals surface area contributed by atoms with Gasteiger partial charge in [-0.15, -0.1) is 0 Å². The molecule has 0 aliphatic rings. The van der Waals surface area contributed by atoms with Crippen LogP contribution in [0.3, 0.4) is 0 Å². The van der Waals surface area contributed by atoms with Crippen LogP contribution < -0.4 is 14.2 Å². The Kier molecular flexibility index (Phi) is 8.11. The minimum atomic E-state index is -1.35. The van der Waals surface area contributed by atoms with Gasteiger partial charge in [-0.3, -0.25) is 0 Å². The summed E-state index contributed by atoms with van der Waals surface area (Å²) in [4.78, 5) is 12.6. The molecule has 4 nitrogen and oxygen atoms in total. The van der Waals surface area contributed by atoms with Gasteiger partial charge in [-0.1, -0.05) is 43.0 Å². The van der Waals surface area contributed by atoms with Crippen molar-refractivity contribution in [1.82, 2.24) is 0 Å². The smallest absolute Gasteiger partial charge is 0.346 e. The van der Waals surface area contributed by atoms with Gasteiger partial charge in [-0.2, -0.15) is 4.39 Å². The predicted molar refractivity (Wildman–Crippen MR) is 135 cm³/mol. The van der Waals surface area contributed by atoms with Crippen LogP contribution in [-0.2, 0) is 0 Å². The summed E-state index contributed by atoms with van der Waals surface area (Å²) in [5.41, 5.74) is 0.0492. The summed E-state index contributed by atoms with van der Waals surface area (Å²) in [6, 6.07) is 16.9. The maximum Gasteiger partial charge on any atom is 0.346 e. The first-order valence-corrected chi connectivity index (χ1v) is 11.6. The van der Waals surface area contributed by atoms with Gasteiger partial charge in [0.2, 0.25) is 5.82 Å². The molecule has 0 amide bonds. The Labute approximate surface area is 216 Å². The van der Waals surface area contributed by atoms with E-state index >= 15 is 0 Å². The Hall–Kier alpha value is -4.59. The molecule has 0 bridgehead atoms. The molecule has 0 saturated carbocycles. The summed E-state index contributed by atoms with van der Waals surface area (Å²) in [5.74, 6) is -5.58. The molecule has 4 aromatic rings. The van der Waals surface area contributed by atoms with Crippen LogP contribution in [0.5, 0.6) is 17.2 Å². The second kappa shape index (κ2) is 11.6. The summed E-state index contributed by atoms with van der Waals surface area (Å²) in [7, 11) is 0. The molecular weight excluding hydrogens is 500 g/mol. The maximum absolute atomic E-state index is 14.8. The molecule has 0 aliphatic carbocycles. The molecule has 4 rings (SSSR count). The molecule has 0 atom stereocenters. The summed E-state index contributed by atoms with van der Waals surface area (Å²) >= 11 is 0. The van der Waals surface area contributed by atoms with E-state index in [0.29, 0.717) is 23.5 Å². The molecule has 0 saturated heterocycles. The van der Waals surface area contributed by atoms with Crippen molar-refractivity contribution in [3.63, 3.8) is 0 Å². The average Bonchev–Trinajstić information content (AvgIpc) is 2.92. The molecule has 0 radical (unpaired) electrons. The van der Waals surface area contributed by atoms with Gasteiger partial charge in [0, 0.05) is 11.1 Å². The Morgan fingerprint density at radius 1 is 0.711 bits per heavy atom. The molecular formula is C30H22F4O4. The van der Waals surface area contributed by atoms with E-state index in [1.165, 1.54) is 48.5 Å². The molecule has 8 heteroatoms. The zero-order chi connectivity index (χ0) is 27.2. The molecule has 0 aliphatic heterocycles. The van der Waals surface area contributed by atoms with E-state index in [0.717, 1.165) is 6.07 Å². The molecule has 38 heavy (non-hydrogen) atoms. The number of esters is 1. The topological polar surface area (TPSA) is 44.8 Å². The summed E-state index contributed by atoms with van der Waals surface area (Å²) in [6.07, 6.45) is 1.40. The lowest BCUT2D eigenvalue weighted by Crippen LogP contribution is -2.12. The monoisotopic (exact) mass is 522 g/mol. The van der Waals surface area contributed by atoms with E-state index in [1.807, 2.05) is 6.92 Å². The number of rotatable bonds is 9. The predicted octanol–water partition coefficient (Wildman–Crippen LogP) is 7.76. The van der Waals surface area contributed by atoms with Crippen molar-refractivity contribution in [2.75, 3.05) is 13.2 Å². The molecule has 0 N–H and O–H groups in total. The van der Waals surface area contributed by atoms with Gasteiger partial charge in [0.15, 0.2) is 23.2 Å². The number of hydrogen-bond acceptors (Lipinski definition) is 4. The highest BCUT2D eigenvalue weighted by molar-refractivity contribution is 5.92. The van der Waals surface area contributed by atoms with Gasteiger partial charge in [-0.05, 0) is 60.5 Å². The lowest BCUT2D eigenvalue weighted by Gasteiger charge is -2.11. The first kappa shape index (κ1) is 26.5. The third kappa shape index (κ3) is 5.54. The standard InChI is InChI=1S/C30H22F4O4/c1-3-17-37-25-16-15-23(27(32)29(25)34)19-7-11-21(12-8-19)38-30(35)24-14-13-22(26(31)28(24)33)18-5-9-20(10-6-18)36-4-2/h3,5-16H,1,4,17H2,2H3. The number of halogens is 4. The van der Waals surface area contributed by atoms with Crippen LogP contribution in [0.15, 0.2) is 85.5 Å². The van der Waals surface area contributed by atoms with E-state index < -0.39 is 34.8 Å². The fourth-order valence-corrected chi connectivity index (χ4v) is 3.71. The second-order valence-electron chi connectivity index (χ2n) is 8.00. The summed E-state index contributed by atoms with van der Waals surface area (Å²) < 4.78 is 74.0. The molecule has 4 aromatic carbocycles. The van der Waals surface area contributed by atoms with Crippen LogP contribution in [0.2, 0.25) is 0 Å². The Morgan fingerprint density at radius 3 is 1.84 bits per heavy atom. The van der Waals surface area contributed by atoms with Crippen molar-refractivity contribution < 1.29 is 36.6 Å². The van der Waals surface area contributed by atoms with Crippen LogP contribution in [-0.4, -0.2) is 19.2 Å². The first-order chi connectivity index (χ1) is 18.3. The largest absolute Gasteiger partial charge is 0.494 e. The Balaban J connectivity index is 1.50. The minimum Gasteiger partial charge on any atom is -0.494 e. The Bertz CT molecular complexity index is 1470. The van der Waals surface area contributed by atoms with E-state index in [4.69, 9.17) is 14.2 Å². The quantitative estimate of drug-likeness (QED) is 0.0976. The molecule has 0 heterocycles. The zero-order valence-electron chi connectivity index (χ0n) is 20.3. The molecule has 0 fully saturated rings. The van der Waals surface area contributed by atoms with E-state index in [2.05, 4.69) is 6.58 Å². The lowest BCUT2D eigenvalue weighted by molar-refractivity contribution is 0.0728. The van der Waals surface area contributed by atoms with Crippen molar-refractivity contribution in [3.05, 3.63) is 114 Å². The van der Waals surface area contributed by atoms with Crippen molar-refractivity contribution >= 4 is 5.97 Å². The van der Waals surface area contributed by atoms with Crippen molar-refractivity contribution in [3.8, 4) is 39.5 Å². The second-order valence-corrected chi connectivity index (χ2v) is 8.00. The van der Waals surface area contributed by atoms with Crippen molar-refractivity contribution in [2.24, 2.45) is 0 Å². The number of carbonyl (C=O) groups excluding carboxylic acids is 1. The summed E-state index contributed by atoms with van der Waals surface area (Å²) in [6.45, 7) is 5.77.